The van der Waals surface area contributed by atoms with Crippen molar-refractivity contribution in [3.8, 4) is 0 Å². The van der Waals surface area contributed by atoms with Crippen LogP contribution in [-0.4, -0.2) is 25.7 Å². The summed E-state index contributed by atoms with van der Waals surface area (Å²) in [4.78, 5) is -0.0569. The van der Waals surface area contributed by atoms with Gasteiger partial charge in [0.15, 0.2) is 0 Å². The molecule has 1 aromatic carbocycles. The zero-order valence-corrected chi connectivity index (χ0v) is 12.7. The molecule has 1 aromatic rings. The van der Waals surface area contributed by atoms with E-state index < -0.39 is 15.6 Å². The van der Waals surface area contributed by atoms with Crippen LogP contribution < -0.4 is 10.5 Å². The SMILES string of the molecule is Nc1ccc(Cl)c(S(=O)(=O)NCC2(O)CCCCC2)c1. The predicted octanol–water partition coefficient (Wildman–Crippen LogP) is 1.90. The summed E-state index contributed by atoms with van der Waals surface area (Å²) < 4.78 is 26.9. The minimum absolute atomic E-state index is 0.000458. The van der Waals surface area contributed by atoms with Crippen molar-refractivity contribution in [2.24, 2.45) is 0 Å². The maximum absolute atomic E-state index is 12.2. The van der Waals surface area contributed by atoms with Crippen LogP contribution in [0.1, 0.15) is 32.1 Å². The van der Waals surface area contributed by atoms with Gasteiger partial charge in [-0.25, -0.2) is 13.1 Å². The van der Waals surface area contributed by atoms with Crippen molar-refractivity contribution in [2.45, 2.75) is 42.6 Å². The fraction of sp³-hybridized carbons (Fsp3) is 0.538. The van der Waals surface area contributed by atoms with Gasteiger partial charge >= 0.3 is 0 Å². The van der Waals surface area contributed by atoms with Crippen LogP contribution in [0.15, 0.2) is 23.1 Å². The molecule has 0 amide bonds. The lowest BCUT2D eigenvalue weighted by atomic mass is 9.85. The van der Waals surface area contributed by atoms with E-state index in [0.717, 1.165) is 19.3 Å². The Morgan fingerprint density at radius 1 is 1.30 bits per heavy atom. The maximum Gasteiger partial charge on any atom is 0.242 e. The zero-order chi connectivity index (χ0) is 14.8. The lowest BCUT2D eigenvalue weighted by molar-refractivity contribution is 0.00945. The van der Waals surface area contributed by atoms with Crippen LogP contribution in [0.2, 0.25) is 5.02 Å². The molecule has 0 heterocycles. The van der Waals surface area contributed by atoms with Crippen LogP contribution >= 0.6 is 11.6 Å². The molecule has 0 atom stereocenters. The van der Waals surface area contributed by atoms with Crippen LogP contribution in [0.3, 0.4) is 0 Å². The molecule has 4 N–H and O–H groups in total. The van der Waals surface area contributed by atoms with Crippen molar-refractivity contribution in [3.05, 3.63) is 23.2 Å². The van der Waals surface area contributed by atoms with Crippen LogP contribution in [0, 0.1) is 0 Å². The number of hydrogen-bond donors (Lipinski definition) is 3. The molecule has 0 unspecified atom stereocenters. The summed E-state index contributed by atoms with van der Waals surface area (Å²) in [5.41, 5.74) is 4.95. The minimum atomic E-state index is -3.77. The van der Waals surface area contributed by atoms with Gasteiger partial charge in [-0.05, 0) is 31.0 Å². The first-order valence-electron chi connectivity index (χ1n) is 6.60. The lowest BCUT2D eigenvalue weighted by Gasteiger charge is -2.32. The zero-order valence-electron chi connectivity index (χ0n) is 11.1. The molecule has 2 rings (SSSR count). The second-order valence-electron chi connectivity index (χ2n) is 5.30. The third kappa shape index (κ3) is 3.63. The Labute approximate surface area is 124 Å². The van der Waals surface area contributed by atoms with Crippen molar-refractivity contribution < 1.29 is 13.5 Å². The second-order valence-corrected chi connectivity index (χ2v) is 7.44. The number of sulfonamides is 1. The first kappa shape index (κ1) is 15.6. The number of anilines is 1. The molecule has 112 valence electrons. The van der Waals surface area contributed by atoms with Gasteiger partial charge in [0.25, 0.3) is 0 Å². The fourth-order valence-electron chi connectivity index (χ4n) is 2.42. The Balaban J connectivity index is 2.13. The molecule has 0 aromatic heterocycles. The standard InChI is InChI=1S/C13H19ClN2O3S/c14-11-5-4-10(15)8-12(11)20(18,19)16-9-13(17)6-2-1-3-7-13/h4-5,8,16-17H,1-3,6-7,9,15H2. The molecule has 0 aliphatic heterocycles. The minimum Gasteiger partial charge on any atom is -0.399 e. The highest BCUT2D eigenvalue weighted by atomic mass is 35.5. The highest BCUT2D eigenvalue weighted by Gasteiger charge is 2.31. The summed E-state index contributed by atoms with van der Waals surface area (Å²) in [7, 11) is -3.77. The van der Waals surface area contributed by atoms with E-state index in [0.29, 0.717) is 18.5 Å². The summed E-state index contributed by atoms with van der Waals surface area (Å²) >= 11 is 5.90. The van der Waals surface area contributed by atoms with E-state index >= 15 is 0 Å². The Kier molecular flexibility index (Phi) is 4.59. The number of nitrogens with one attached hydrogen (secondary N) is 1. The van der Waals surface area contributed by atoms with Gasteiger partial charge in [-0.2, -0.15) is 0 Å². The molecule has 0 saturated heterocycles. The molecule has 1 aliphatic rings. The number of rotatable bonds is 4. The van der Waals surface area contributed by atoms with Crippen molar-refractivity contribution in [1.82, 2.24) is 4.72 Å². The third-order valence-corrected chi connectivity index (χ3v) is 5.50. The number of nitrogens with two attached hydrogens (primary N) is 1. The fourth-order valence-corrected chi connectivity index (χ4v) is 4.07. The normalized spacial score (nSPS) is 18.9. The Bertz CT molecular complexity index is 583. The molecule has 0 radical (unpaired) electrons. The Hall–Kier alpha value is -0.820. The van der Waals surface area contributed by atoms with Crippen LogP contribution in [0.5, 0.6) is 0 Å². The topological polar surface area (TPSA) is 92.4 Å². The number of aliphatic hydroxyl groups is 1. The summed E-state index contributed by atoms with van der Waals surface area (Å²) in [5, 5.41) is 10.4. The van der Waals surface area contributed by atoms with Gasteiger partial charge in [0.05, 0.1) is 10.6 Å². The van der Waals surface area contributed by atoms with Gasteiger partial charge in [-0.3, -0.25) is 0 Å². The number of nitrogen functional groups attached to an aromatic ring is 1. The molecular weight excluding hydrogens is 300 g/mol. The molecule has 1 aliphatic carbocycles. The number of hydrogen-bond acceptors (Lipinski definition) is 4. The highest BCUT2D eigenvalue weighted by Crippen LogP contribution is 2.28. The van der Waals surface area contributed by atoms with Crippen molar-refractivity contribution in [2.75, 3.05) is 12.3 Å². The van der Waals surface area contributed by atoms with Crippen LogP contribution in [-0.2, 0) is 10.0 Å². The summed E-state index contributed by atoms with van der Waals surface area (Å²) in [6.45, 7) is 0.000458. The third-order valence-electron chi connectivity index (χ3n) is 3.62. The number of halogens is 1. The molecule has 7 heteroatoms. The molecule has 0 bridgehead atoms. The van der Waals surface area contributed by atoms with Crippen molar-refractivity contribution in [1.29, 1.82) is 0 Å². The Morgan fingerprint density at radius 2 is 1.95 bits per heavy atom. The summed E-state index contributed by atoms with van der Waals surface area (Å²) in [6.07, 6.45) is 4.13. The Morgan fingerprint density at radius 3 is 2.60 bits per heavy atom. The van der Waals surface area contributed by atoms with Gasteiger partial charge in [-0.1, -0.05) is 30.9 Å². The van der Waals surface area contributed by atoms with E-state index in [4.69, 9.17) is 17.3 Å². The van der Waals surface area contributed by atoms with E-state index in [1.54, 1.807) is 0 Å². The van der Waals surface area contributed by atoms with Crippen molar-refractivity contribution in [3.63, 3.8) is 0 Å². The quantitative estimate of drug-likeness (QED) is 0.739. The monoisotopic (exact) mass is 318 g/mol. The molecule has 5 nitrogen and oxygen atoms in total. The molecular formula is C13H19ClN2O3S. The average molecular weight is 319 g/mol. The van der Waals surface area contributed by atoms with Gasteiger partial charge in [0.1, 0.15) is 4.90 Å². The summed E-state index contributed by atoms with van der Waals surface area (Å²) in [6, 6.07) is 4.30. The van der Waals surface area contributed by atoms with E-state index in [1.807, 2.05) is 0 Å². The predicted molar refractivity (Wildman–Crippen MR) is 79.1 cm³/mol. The molecule has 1 fully saturated rings. The smallest absolute Gasteiger partial charge is 0.242 e. The van der Waals surface area contributed by atoms with Crippen molar-refractivity contribution >= 4 is 27.3 Å². The summed E-state index contributed by atoms with van der Waals surface area (Å²) in [5.74, 6) is 0. The van der Waals surface area contributed by atoms with Crippen LogP contribution in [0.25, 0.3) is 0 Å². The second kappa shape index (κ2) is 5.89. The van der Waals surface area contributed by atoms with E-state index in [9.17, 15) is 13.5 Å². The first-order chi connectivity index (χ1) is 9.32. The van der Waals surface area contributed by atoms with Gasteiger partial charge in [0.2, 0.25) is 10.0 Å². The van der Waals surface area contributed by atoms with E-state index in [1.165, 1.54) is 18.2 Å². The first-order valence-corrected chi connectivity index (χ1v) is 8.46. The number of benzene rings is 1. The molecule has 20 heavy (non-hydrogen) atoms. The largest absolute Gasteiger partial charge is 0.399 e. The van der Waals surface area contributed by atoms with E-state index in [2.05, 4.69) is 4.72 Å². The molecule has 0 spiro atoms. The van der Waals surface area contributed by atoms with Gasteiger partial charge in [-0.15, -0.1) is 0 Å². The molecule has 1 saturated carbocycles. The van der Waals surface area contributed by atoms with E-state index in [-0.39, 0.29) is 16.5 Å². The van der Waals surface area contributed by atoms with Crippen LogP contribution in [0.4, 0.5) is 5.69 Å². The van der Waals surface area contributed by atoms with Gasteiger partial charge in [0, 0.05) is 12.2 Å². The maximum atomic E-state index is 12.2. The highest BCUT2D eigenvalue weighted by molar-refractivity contribution is 7.89. The lowest BCUT2D eigenvalue weighted by Crippen LogP contribution is -2.44. The van der Waals surface area contributed by atoms with Gasteiger partial charge < -0.3 is 10.8 Å². The average Bonchev–Trinajstić information content (AvgIpc) is 2.40.